The highest BCUT2D eigenvalue weighted by Gasteiger charge is 2.44. The SMILES string of the molecule is CCC1C2=C(CC(C)(C)CC2=O)NC2=C1C(=O)CC(C)(C)C2. The van der Waals surface area contributed by atoms with Gasteiger partial charge in [-0.15, -0.1) is 0 Å². The van der Waals surface area contributed by atoms with Gasteiger partial charge in [-0.25, -0.2) is 0 Å². The summed E-state index contributed by atoms with van der Waals surface area (Å²) in [7, 11) is 0. The average molecular weight is 301 g/mol. The van der Waals surface area contributed by atoms with Gasteiger partial charge in [-0.3, -0.25) is 9.59 Å². The smallest absolute Gasteiger partial charge is 0.161 e. The molecular formula is C19H27NO2. The third-order valence-electron chi connectivity index (χ3n) is 5.25. The second-order valence-electron chi connectivity index (χ2n) is 8.75. The van der Waals surface area contributed by atoms with Crippen LogP contribution in [0.1, 0.15) is 66.7 Å². The van der Waals surface area contributed by atoms with Gasteiger partial charge in [0.2, 0.25) is 0 Å². The predicted octanol–water partition coefficient (Wildman–Crippen LogP) is 3.90. The molecule has 3 heteroatoms. The van der Waals surface area contributed by atoms with Gasteiger partial charge >= 0.3 is 0 Å². The van der Waals surface area contributed by atoms with Gasteiger partial charge in [-0.2, -0.15) is 0 Å². The van der Waals surface area contributed by atoms with E-state index < -0.39 is 0 Å². The van der Waals surface area contributed by atoms with Crippen molar-refractivity contribution in [3.8, 4) is 0 Å². The number of carbonyl (C=O) groups excluding carboxylic acids is 2. The number of rotatable bonds is 1. The molecule has 0 amide bonds. The van der Waals surface area contributed by atoms with Crippen LogP contribution < -0.4 is 5.32 Å². The zero-order chi connectivity index (χ0) is 16.3. The molecule has 0 aromatic rings. The molecule has 0 fully saturated rings. The summed E-state index contributed by atoms with van der Waals surface area (Å²) < 4.78 is 0. The first-order valence-corrected chi connectivity index (χ1v) is 8.43. The molecule has 0 saturated heterocycles. The monoisotopic (exact) mass is 301 g/mol. The van der Waals surface area contributed by atoms with Gasteiger partial charge in [-0.1, -0.05) is 34.6 Å². The molecule has 3 rings (SSSR count). The molecule has 2 aliphatic carbocycles. The molecule has 0 bridgehead atoms. The Hall–Kier alpha value is -1.38. The Labute approximate surface area is 133 Å². The quantitative estimate of drug-likeness (QED) is 0.799. The highest BCUT2D eigenvalue weighted by molar-refractivity contribution is 6.05. The topological polar surface area (TPSA) is 46.2 Å². The first-order chi connectivity index (χ1) is 10.1. The van der Waals surface area contributed by atoms with Gasteiger partial charge in [0.1, 0.15) is 0 Å². The summed E-state index contributed by atoms with van der Waals surface area (Å²) in [6.07, 6.45) is 3.81. The van der Waals surface area contributed by atoms with Crippen LogP contribution in [0.2, 0.25) is 0 Å². The van der Waals surface area contributed by atoms with E-state index in [9.17, 15) is 9.59 Å². The highest BCUT2D eigenvalue weighted by Crippen LogP contribution is 2.48. The molecule has 1 N–H and O–H groups in total. The van der Waals surface area contributed by atoms with Crippen LogP contribution in [0.3, 0.4) is 0 Å². The lowest BCUT2D eigenvalue weighted by Gasteiger charge is -2.43. The van der Waals surface area contributed by atoms with Crippen LogP contribution >= 0.6 is 0 Å². The van der Waals surface area contributed by atoms with Crippen molar-refractivity contribution in [1.82, 2.24) is 5.32 Å². The molecule has 1 aliphatic heterocycles. The van der Waals surface area contributed by atoms with Crippen molar-refractivity contribution in [1.29, 1.82) is 0 Å². The summed E-state index contributed by atoms with van der Waals surface area (Å²) in [5, 5.41) is 3.51. The number of ketones is 2. The lowest BCUT2D eigenvalue weighted by Crippen LogP contribution is -2.43. The summed E-state index contributed by atoms with van der Waals surface area (Å²) in [6, 6.07) is 0. The van der Waals surface area contributed by atoms with Crippen LogP contribution in [0.25, 0.3) is 0 Å². The van der Waals surface area contributed by atoms with Crippen LogP contribution in [-0.4, -0.2) is 11.6 Å². The molecule has 3 aliphatic rings. The van der Waals surface area contributed by atoms with Crippen molar-refractivity contribution in [2.75, 3.05) is 0 Å². The van der Waals surface area contributed by atoms with Gasteiger partial charge < -0.3 is 5.32 Å². The molecule has 3 nitrogen and oxygen atoms in total. The van der Waals surface area contributed by atoms with Crippen molar-refractivity contribution in [3.63, 3.8) is 0 Å². The minimum Gasteiger partial charge on any atom is -0.362 e. The largest absolute Gasteiger partial charge is 0.362 e. The number of dihydropyridines is 1. The summed E-state index contributed by atoms with van der Waals surface area (Å²) in [4.78, 5) is 25.4. The zero-order valence-corrected chi connectivity index (χ0v) is 14.4. The van der Waals surface area contributed by atoms with Crippen molar-refractivity contribution in [3.05, 3.63) is 22.5 Å². The molecule has 0 aromatic carbocycles. The maximum atomic E-state index is 12.7. The lowest BCUT2D eigenvalue weighted by atomic mass is 9.65. The minimum absolute atomic E-state index is 0.00741. The fraction of sp³-hybridized carbons (Fsp3) is 0.684. The number of hydrogen-bond acceptors (Lipinski definition) is 3. The van der Waals surface area contributed by atoms with E-state index in [2.05, 4.69) is 39.9 Å². The van der Waals surface area contributed by atoms with E-state index in [-0.39, 0.29) is 28.3 Å². The summed E-state index contributed by atoms with van der Waals surface area (Å²) in [5.74, 6) is 0.475. The number of Topliss-reactive ketones (excluding diaryl/α,β-unsaturated/α-hetero) is 2. The normalized spacial score (nSPS) is 27.5. The number of hydrogen-bond donors (Lipinski definition) is 1. The third-order valence-corrected chi connectivity index (χ3v) is 5.25. The fourth-order valence-corrected chi connectivity index (χ4v) is 4.44. The average Bonchev–Trinajstić information content (AvgIpc) is 2.32. The Morgan fingerprint density at radius 2 is 1.27 bits per heavy atom. The van der Waals surface area contributed by atoms with Crippen molar-refractivity contribution < 1.29 is 9.59 Å². The standard InChI is InChI=1S/C19H27NO2/c1-6-11-16-12(7-18(2,3)9-14(16)21)20-13-8-19(4,5)10-15(22)17(11)13/h11,20H,6-10H2,1-5H3. The predicted molar refractivity (Wildman–Crippen MR) is 87.0 cm³/mol. The van der Waals surface area contributed by atoms with Crippen LogP contribution in [0.5, 0.6) is 0 Å². The number of nitrogens with one attached hydrogen (secondary N) is 1. The van der Waals surface area contributed by atoms with Crippen molar-refractivity contribution >= 4 is 11.6 Å². The molecule has 0 radical (unpaired) electrons. The molecule has 0 spiro atoms. The van der Waals surface area contributed by atoms with Crippen molar-refractivity contribution in [2.45, 2.75) is 66.7 Å². The molecular weight excluding hydrogens is 274 g/mol. The molecule has 0 atom stereocenters. The maximum Gasteiger partial charge on any atom is 0.161 e. The van der Waals surface area contributed by atoms with E-state index >= 15 is 0 Å². The summed E-state index contributed by atoms with van der Waals surface area (Å²) in [6.45, 7) is 10.7. The fourth-order valence-electron chi connectivity index (χ4n) is 4.44. The van der Waals surface area contributed by atoms with Crippen LogP contribution in [0.15, 0.2) is 22.5 Å². The third kappa shape index (κ3) is 2.45. The summed E-state index contributed by atoms with van der Waals surface area (Å²) in [5.41, 5.74) is 3.97. The van der Waals surface area contributed by atoms with Gasteiger partial charge in [-0.05, 0) is 30.1 Å². The molecule has 1 heterocycles. The van der Waals surface area contributed by atoms with Gasteiger partial charge in [0.25, 0.3) is 0 Å². The van der Waals surface area contributed by atoms with Gasteiger partial charge in [0.15, 0.2) is 11.6 Å². The second-order valence-corrected chi connectivity index (χ2v) is 8.75. The Bertz CT molecular complexity index is 567. The van der Waals surface area contributed by atoms with E-state index in [4.69, 9.17) is 0 Å². The molecule has 22 heavy (non-hydrogen) atoms. The first kappa shape index (κ1) is 15.5. The zero-order valence-electron chi connectivity index (χ0n) is 14.4. The lowest BCUT2D eigenvalue weighted by molar-refractivity contribution is -0.119. The van der Waals surface area contributed by atoms with E-state index in [0.29, 0.717) is 12.8 Å². The Kier molecular flexibility index (Phi) is 3.39. The van der Waals surface area contributed by atoms with E-state index in [0.717, 1.165) is 41.8 Å². The Balaban J connectivity index is 2.07. The Morgan fingerprint density at radius 1 is 0.864 bits per heavy atom. The van der Waals surface area contributed by atoms with Gasteiger partial charge in [0, 0.05) is 41.3 Å². The van der Waals surface area contributed by atoms with Gasteiger partial charge in [0.05, 0.1) is 0 Å². The Morgan fingerprint density at radius 3 is 1.64 bits per heavy atom. The van der Waals surface area contributed by atoms with Crippen molar-refractivity contribution in [2.24, 2.45) is 16.7 Å². The number of carbonyl (C=O) groups is 2. The molecule has 0 aromatic heterocycles. The van der Waals surface area contributed by atoms with E-state index in [1.165, 1.54) is 0 Å². The number of allylic oxidation sites excluding steroid dienone is 4. The van der Waals surface area contributed by atoms with Crippen LogP contribution in [0, 0.1) is 16.7 Å². The second kappa shape index (κ2) is 4.81. The van der Waals surface area contributed by atoms with Crippen LogP contribution in [-0.2, 0) is 9.59 Å². The molecule has 0 unspecified atom stereocenters. The summed E-state index contributed by atoms with van der Waals surface area (Å²) >= 11 is 0. The van der Waals surface area contributed by atoms with E-state index in [1.54, 1.807) is 0 Å². The van der Waals surface area contributed by atoms with E-state index in [1.807, 2.05) is 0 Å². The highest BCUT2D eigenvalue weighted by atomic mass is 16.1. The molecule has 120 valence electrons. The maximum absolute atomic E-state index is 12.7. The minimum atomic E-state index is 0.00741. The van der Waals surface area contributed by atoms with Crippen LogP contribution in [0.4, 0.5) is 0 Å². The first-order valence-electron chi connectivity index (χ1n) is 8.43. The molecule has 0 saturated carbocycles.